The number of halogens is 1. The van der Waals surface area contributed by atoms with Gasteiger partial charge in [0.05, 0.1) is 6.54 Å². The van der Waals surface area contributed by atoms with Gasteiger partial charge >= 0.3 is 0 Å². The van der Waals surface area contributed by atoms with Crippen LogP contribution in [0.4, 0.5) is 10.1 Å². The number of amides is 1. The lowest BCUT2D eigenvalue weighted by Gasteiger charge is -2.14. The smallest absolute Gasteiger partial charge is 0.238 e. The highest BCUT2D eigenvalue weighted by Gasteiger charge is 2.07. The second-order valence-electron chi connectivity index (χ2n) is 4.57. The van der Waals surface area contributed by atoms with Gasteiger partial charge in [-0.2, -0.15) is 0 Å². The summed E-state index contributed by atoms with van der Waals surface area (Å²) in [6.45, 7) is 2.14. The number of rotatable bonds is 5. The lowest BCUT2D eigenvalue weighted by molar-refractivity contribution is -0.115. The van der Waals surface area contributed by atoms with Crippen LogP contribution in [-0.4, -0.2) is 12.5 Å². The Morgan fingerprint density at radius 3 is 2.40 bits per heavy atom. The average molecular weight is 272 g/mol. The molecule has 0 radical (unpaired) electrons. The molecule has 2 aromatic carbocycles. The molecule has 0 heterocycles. The molecule has 0 fully saturated rings. The molecule has 0 aliphatic rings. The van der Waals surface area contributed by atoms with Crippen molar-refractivity contribution < 1.29 is 9.18 Å². The van der Waals surface area contributed by atoms with Gasteiger partial charge in [0.25, 0.3) is 0 Å². The second kappa shape index (κ2) is 6.82. The number of hydrogen-bond acceptors (Lipinski definition) is 2. The first-order chi connectivity index (χ1) is 9.65. The van der Waals surface area contributed by atoms with Crippen molar-refractivity contribution in [3.63, 3.8) is 0 Å². The van der Waals surface area contributed by atoms with Crippen LogP contribution in [0.5, 0.6) is 0 Å². The summed E-state index contributed by atoms with van der Waals surface area (Å²) in [5, 5.41) is 5.90. The molecule has 0 aliphatic heterocycles. The predicted octanol–water partition coefficient (Wildman–Crippen LogP) is 3.12. The molecule has 0 bridgehead atoms. The van der Waals surface area contributed by atoms with E-state index >= 15 is 0 Å². The van der Waals surface area contributed by atoms with Crippen molar-refractivity contribution in [1.82, 2.24) is 5.32 Å². The fraction of sp³-hybridized carbons (Fsp3) is 0.188. The predicted molar refractivity (Wildman–Crippen MR) is 77.9 cm³/mol. The van der Waals surface area contributed by atoms with Gasteiger partial charge in [-0.3, -0.25) is 4.79 Å². The van der Waals surface area contributed by atoms with Crippen molar-refractivity contribution >= 4 is 11.6 Å². The van der Waals surface area contributed by atoms with Crippen LogP contribution < -0.4 is 10.6 Å². The van der Waals surface area contributed by atoms with E-state index in [4.69, 9.17) is 0 Å². The lowest BCUT2D eigenvalue weighted by Crippen LogP contribution is -2.30. The topological polar surface area (TPSA) is 41.1 Å². The van der Waals surface area contributed by atoms with Crippen LogP contribution in [0.1, 0.15) is 18.5 Å². The minimum Gasteiger partial charge on any atom is -0.325 e. The molecule has 0 saturated heterocycles. The van der Waals surface area contributed by atoms with E-state index in [1.165, 1.54) is 12.1 Å². The quantitative estimate of drug-likeness (QED) is 0.878. The normalized spacial score (nSPS) is 11.9. The second-order valence-corrected chi connectivity index (χ2v) is 4.57. The molecule has 2 rings (SSSR count). The average Bonchev–Trinajstić information content (AvgIpc) is 2.46. The Morgan fingerprint density at radius 2 is 1.75 bits per heavy atom. The van der Waals surface area contributed by atoms with Crippen molar-refractivity contribution in [1.29, 1.82) is 0 Å². The van der Waals surface area contributed by atoms with Gasteiger partial charge < -0.3 is 10.6 Å². The molecule has 4 heteroatoms. The third-order valence-electron chi connectivity index (χ3n) is 3.00. The van der Waals surface area contributed by atoms with E-state index in [-0.39, 0.29) is 24.3 Å². The summed E-state index contributed by atoms with van der Waals surface area (Å²) in [5.74, 6) is -0.368. The molecular formula is C16H17FN2O. The maximum atomic E-state index is 12.8. The Hall–Kier alpha value is -2.20. The van der Waals surface area contributed by atoms with Crippen LogP contribution in [0, 0.1) is 5.82 Å². The summed E-state index contributed by atoms with van der Waals surface area (Å²) >= 11 is 0. The molecule has 20 heavy (non-hydrogen) atoms. The van der Waals surface area contributed by atoms with Crippen LogP contribution in [0.15, 0.2) is 54.6 Å². The molecule has 0 unspecified atom stereocenters. The first-order valence-corrected chi connectivity index (χ1v) is 6.49. The first kappa shape index (κ1) is 14.2. The third-order valence-corrected chi connectivity index (χ3v) is 3.00. The van der Waals surface area contributed by atoms with Crippen molar-refractivity contribution in [2.75, 3.05) is 11.9 Å². The third kappa shape index (κ3) is 4.17. The fourth-order valence-corrected chi connectivity index (χ4v) is 1.84. The Morgan fingerprint density at radius 1 is 1.10 bits per heavy atom. The van der Waals surface area contributed by atoms with E-state index < -0.39 is 0 Å². The molecule has 0 spiro atoms. The summed E-state index contributed by atoms with van der Waals surface area (Å²) < 4.78 is 12.8. The summed E-state index contributed by atoms with van der Waals surface area (Å²) in [6, 6.07) is 15.5. The van der Waals surface area contributed by atoms with Gasteiger partial charge in [0.15, 0.2) is 0 Å². The number of hydrogen-bond donors (Lipinski definition) is 2. The lowest BCUT2D eigenvalue weighted by atomic mass is 10.1. The Labute approximate surface area is 117 Å². The van der Waals surface area contributed by atoms with Gasteiger partial charge in [0.2, 0.25) is 5.91 Å². The zero-order valence-electron chi connectivity index (χ0n) is 11.3. The molecule has 2 aromatic rings. The number of para-hydroxylation sites is 1. The Balaban J connectivity index is 1.82. The van der Waals surface area contributed by atoms with Crippen molar-refractivity contribution in [2.45, 2.75) is 13.0 Å². The number of benzene rings is 2. The van der Waals surface area contributed by atoms with Crippen LogP contribution >= 0.6 is 0 Å². The van der Waals surface area contributed by atoms with Gasteiger partial charge in [-0.25, -0.2) is 4.39 Å². The van der Waals surface area contributed by atoms with Crippen molar-refractivity contribution in [3.8, 4) is 0 Å². The standard InChI is InChI=1S/C16H17FN2O/c1-12(13-7-9-14(17)10-8-13)18-11-16(20)19-15-5-3-2-4-6-15/h2-10,12,18H,11H2,1H3,(H,19,20)/t12-/m0/s1. The Bertz CT molecular complexity index is 554. The summed E-state index contributed by atoms with van der Waals surface area (Å²) in [6.07, 6.45) is 0. The highest BCUT2D eigenvalue weighted by Crippen LogP contribution is 2.12. The highest BCUT2D eigenvalue weighted by atomic mass is 19.1. The van der Waals surface area contributed by atoms with Crippen LogP contribution in [-0.2, 0) is 4.79 Å². The zero-order chi connectivity index (χ0) is 14.4. The van der Waals surface area contributed by atoms with E-state index in [0.29, 0.717) is 0 Å². The number of carbonyl (C=O) groups excluding carboxylic acids is 1. The van der Waals surface area contributed by atoms with Gasteiger partial charge in [-0.15, -0.1) is 0 Å². The summed E-state index contributed by atoms with van der Waals surface area (Å²) in [4.78, 5) is 11.8. The first-order valence-electron chi connectivity index (χ1n) is 6.49. The molecule has 0 aliphatic carbocycles. The van der Waals surface area contributed by atoms with Gasteiger partial charge in [0.1, 0.15) is 5.82 Å². The van der Waals surface area contributed by atoms with E-state index in [0.717, 1.165) is 11.3 Å². The molecular weight excluding hydrogens is 255 g/mol. The molecule has 2 N–H and O–H groups in total. The van der Waals surface area contributed by atoms with Crippen LogP contribution in [0.25, 0.3) is 0 Å². The molecule has 1 amide bonds. The summed E-state index contributed by atoms with van der Waals surface area (Å²) in [7, 11) is 0. The molecule has 0 saturated carbocycles. The van der Waals surface area contributed by atoms with E-state index in [2.05, 4.69) is 10.6 Å². The molecule has 104 valence electrons. The van der Waals surface area contributed by atoms with Crippen molar-refractivity contribution in [3.05, 3.63) is 66.0 Å². The monoisotopic (exact) mass is 272 g/mol. The minimum atomic E-state index is -0.261. The van der Waals surface area contributed by atoms with Gasteiger partial charge in [0, 0.05) is 11.7 Å². The van der Waals surface area contributed by atoms with Gasteiger partial charge in [-0.05, 0) is 36.8 Å². The SMILES string of the molecule is C[C@H](NCC(=O)Nc1ccccc1)c1ccc(F)cc1. The van der Waals surface area contributed by atoms with Crippen LogP contribution in [0.2, 0.25) is 0 Å². The van der Waals surface area contributed by atoms with Crippen LogP contribution in [0.3, 0.4) is 0 Å². The maximum absolute atomic E-state index is 12.8. The van der Waals surface area contributed by atoms with E-state index in [1.54, 1.807) is 12.1 Å². The van der Waals surface area contributed by atoms with E-state index in [9.17, 15) is 9.18 Å². The van der Waals surface area contributed by atoms with E-state index in [1.807, 2.05) is 37.3 Å². The maximum Gasteiger partial charge on any atom is 0.238 e. The number of anilines is 1. The summed E-state index contributed by atoms with van der Waals surface area (Å²) in [5.41, 5.74) is 1.72. The molecule has 0 aromatic heterocycles. The number of nitrogens with one attached hydrogen (secondary N) is 2. The van der Waals surface area contributed by atoms with Gasteiger partial charge in [-0.1, -0.05) is 30.3 Å². The van der Waals surface area contributed by atoms with Crippen molar-refractivity contribution in [2.24, 2.45) is 0 Å². The zero-order valence-corrected chi connectivity index (χ0v) is 11.3. The Kier molecular flexibility index (Phi) is 4.85. The minimum absolute atomic E-state index is 0.0166. The number of carbonyl (C=O) groups is 1. The molecule has 1 atom stereocenters. The highest BCUT2D eigenvalue weighted by molar-refractivity contribution is 5.92. The molecule has 3 nitrogen and oxygen atoms in total. The fourth-order valence-electron chi connectivity index (χ4n) is 1.84. The largest absolute Gasteiger partial charge is 0.325 e.